The first-order valence-electron chi connectivity index (χ1n) is 5.27. The van der Waals surface area contributed by atoms with Crippen molar-refractivity contribution in [1.29, 1.82) is 0 Å². The standard InChI is InChI=1S/C11H18N4OS/c1-5-6-13-9(16)7-8(12)14-10(17-7)15-11(2,3)4/h5H,1,6,12H2,2-4H3,(H,13,16)(H,14,15). The van der Waals surface area contributed by atoms with E-state index in [2.05, 4.69) is 22.2 Å². The minimum Gasteiger partial charge on any atom is -0.382 e. The first kappa shape index (κ1) is 13.5. The summed E-state index contributed by atoms with van der Waals surface area (Å²) in [4.78, 5) is 16.3. The van der Waals surface area contributed by atoms with Crippen molar-refractivity contribution in [3.05, 3.63) is 17.5 Å². The van der Waals surface area contributed by atoms with Gasteiger partial charge in [0.25, 0.3) is 5.91 Å². The Kier molecular flexibility index (Phi) is 4.11. The number of nitrogens with one attached hydrogen (secondary N) is 2. The smallest absolute Gasteiger partial charge is 0.265 e. The number of thiazole rings is 1. The van der Waals surface area contributed by atoms with E-state index in [1.807, 2.05) is 20.8 Å². The number of nitrogens with two attached hydrogens (primary N) is 1. The van der Waals surface area contributed by atoms with Gasteiger partial charge in [-0.15, -0.1) is 6.58 Å². The second kappa shape index (κ2) is 5.18. The molecule has 17 heavy (non-hydrogen) atoms. The van der Waals surface area contributed by atoms with Gasteiger partial charge in [0.15, 0.2) is 5.13 Å². The lowest BCUT2D eigenvalue weighted by Gasteiger charge is -2.19. The van der Waals surface area contributed by atoms with Crippen LogP contribution in [0.1, 0.15) is 30.4 Å². The van der Waals surface area contributed by atoms with Gasteiger partial charge >= 0.3 is 0 Å². The van der Waals surface area contributed by atoms with Crippen LogP contribution in [0, 0.1) is 0 Å². The van der Waals surface area contributed by atoms with Gasteiger partial charge in [-0.05, 0) is 20.8 Å². The average Bonchev–Trinajstić information content (AvgIpc) is 2.53. The number of carbonyl (C=O) groups is 1. The summed E-state index contributed by atoms with van der Waals surface area (Å²) in [5.41, 5.74) is 5.59. The Bertz CT molecular complexity index is 420. The van der Waals surface area contributed by atoms with Crippen LogP contribution in [-0.2, 0) is 0 Å². The van der Waals surface area contributed by atoms with E-state index in [1.54, 1.807) is 6.08 Å². The van der Waals surface area contributed by atoms with E-state index < -0.39 is 0 Å². The molecule has 0 aromatic carbocycles. The maximum absolute atomic E-state index is 11.7. The van der Waals surface area contributed by atoms with Gasteiger partial charge in [-0.3, -0.25) is 4.79 Å². The zero-order valence-corrected chi connectivity index (χ0v) is 11.1. The fourth-order valence-corrected chi connectivity index (χ4v) is 2.12. The molecule has 1 heterocycles. The molecular formula is C11H18N4OS. The maximum atomic E-state index is 11.7. The molecule has 1 amide bonds. The molecule has 0 radical (unpaired) electrons. The summed E-state index contributed by atoms with van der Waals surface area (Å²) in [5.74, 6) is 0.0326. The summed E-state index contributed by atoms with van der Waals surface area (Å²) in [6.45, 7) is 9.99. The molecule has 0 aliphatic carbocycles. The molecule has 0 saturated carbocycles. The van der Waals surface area contributed by atoms with Gasteiger partial charge in [0.2, 0.25) is 0 Å². The van der Waals surface area contributed by atoms with Gasteiger partial charge in [-0.1, -0.05) is 17.4 Å². The molecular weight excluding hydrogens is 236 g/mol. The number of anilines is 2. The Morgan fingerprint density at radius 1 is 1.59 bits per heavy atom. The topological polar surface area (TPSA) is 80.0 Å². The number of carbonyl (C=O) groups excluding carboxylic acids is 1. The third kappa shape index (κ3) is 4.07. The van der Waals surface area contributed by atoms with Crippen molar-refractivity contribution in [2.45, 2.75) is 26.3 Å². The summed E-state index contributed by atoms with van der Waals surface area (Å²) < 4.78 is 0. The first-order chi connectivity index (χ1) is 7.83. The van der Waals surface area contributed by atoms with Crippen LogP contribution in [-0.4, -0.2) is 23.0 Å². The highest BCUT2D eigenvalue weighted by Gasteiger charge is 2.18. The minimum absolute atomic E-state index is 0.112. The molecule has 4 N–H and O–H groups in total. The zero-order chi connectivity index (χ0) is 13.1. The van der Waals surface area contributed by atoms with Crippen molar-refractivity contribution < 1.29 is 4.79 Å². The molecule has 0 spiro atoms. The van der Waals surface area contributed by atoms with Gasteiger partial charge in [0.1, 0.15) is 10.7 Å². The Morgan fingerprint density at radius 2 is 2.24 bits per heavy atom. The molecule has 0 bridgehead atoms. The quantitative estimate of drug-likeness (QED) is 0.716. The van der Waals surface area contributed by atoms with Gasteiger partial charge in [0, 0.05) is 12.1 Å². The molecule has 0 saturated heterocycles. The van der Waals surface area contributed by atoms with E-state index in [0.717, 1.165) is 0 Å². The predicted octanol–water partition coefficient (Wildman–Crippen LogP) is 1.85. The Balaban J connectivity index is 2.81. The number of nitrogen functional groups attached to an aromatic ring is 1. The lowest BCUT2D eigenvalue weighted by atomic mass is 10.1. The third-order valence-electron chi connectivity index (χ3n) is 1.75. The van der Waals surface area contributed by atoms with Gasteiger partial charge in [0.05, 0.1) is 0 Å². The summed E-state index contributed by atoms with van der Waals surface area (Å²) >= 11 is 1.25. The number of rotatable bonds is 4. The average molecular weight is 254 g/mol. The number of hydrogen-bond acceptors (Lipinski definition) is 5. The van der Waals surface area contributed by atoms with Crippen LogP contribution in [0.25, 0.3) is 0 Å². The van der Waals surface area contributed by atoms with Crippen LogP contribution >= 0.6 is 11.3 Å². The van der Waals surface area contributed by atoms with E-state index in [4.69, 9.17) is 5.73 Å². The molecule has 0 atom stereocenters. The lowest BCUT2D eigenvalue weighted by molar-refractivity contribution is 0.0962. The van der Waals surface area contributed by atoms with Gasteiger partial charge < -0.3 is 16.4 Å². The van der Waals surface area contributed by atoms with Crippen LogP contribution in [0.4, 0.5) is 10.9 Å². The zero-order valence-electron chi connectivity index (χ0n) is 10.3. The van der Waals surface area contributed by atoms with Crippen LogP contribution in [0.3, 0.4) is 0 Å². The largest absolute Gasteiger partial charge is 0.382 e. The van der Waals surface area contributed by atoms with E-state index in [9.17, 15) is 4.79 Å². The molecule has 0 aliphatic rings. The van der Waals surface area contributed by atoms with E-state index in [0.29, 0.717) is 16.6 Å². The maximum Gasteiger partial charge on any atom is 0.265 e. The third-order valence-corrected chi connectivity index (χ3v) is 2.73. The number of nitrogens with zero attached hydrogens (tertiary/aromatic N) is 1. The molecule has 5 nitrogen and oxygen atoms in total. The number of amides is 1. The normalized spacial score (nSPS) is 11.0. The molecule has 0 fully saturated rings. The molecule has 0 aliphatic heterocycles. The summed E-state index contributed by atoms with van der Waals surface area (Å²) in [6.07, 6.45) is 1.61. The highest BCUT2D eigenvalue weighted by Crippen LogP contribution is 2.26. The summed E-state index contributed by atoms with van der Waals surface area (Å²) in [5, 5.41) is 6.50. The van der Waals surface area contributed by atoms with Crippen molar-refractivity contribution in [2.24, 2.45) is 0 Å². The number of aromatic nitrogens is 1. The Labute approximate surface area is 105 Å². The molecule has 94 valence electrons. The fraction of sp³-hybridized carbons (Fsp3) is 0.455. The van der Waals surface area contributed by atoms with Crippen molar-refractivity contribution in [1.82, 2.24) is 10.3 Å². The molecule has 1 aromatic heterocycles. The predicted molar refractivity (Wildman–Crippen MR) is 72.4 cm³/mol. The Hall–Kier alpha value is -1.56. The van der Waals surface area contributed by atoms with Crippen LogP contribution in [0.5, 0.6) is 0 Å². The van der Waals surface area contributed by atoms with Crippen molar-refractivity contribution in [2.75, 3.05) is 17.6 Å². The van der Waals surface area contributed by atoms with Crippen LogP contribution < -0.4 is 16.4 Å². The summed E-state index contributed by atoms with van der Waals surface area (Å²) in [7, 11) is 0. The molecule has 6 heteroatoms. The van der Waals surface area contributed by atoms with Crippen LogP contribution in [0.2, 0.25) is 0 Å². The minimum atomic E-state index is -0.221. The Morgan fingerprint density at radius 3 is 2.76 bits per heavy atom. The highest BCUT2D eigenvalue weighted by atomic mass is 32.1. The van der Waals surface area contributed by atoms with Crippen molar-refractivity contribution in [3.8, 4) is 0 Å². The van der Waals surface area contributed by atoms with Gasteiger partial charge in [-0.2, -0.15) is 0 Å². The fourth-order valence-electron chi connectivity index (χ4n) is 1.11. The number of hydrogen-bond donors (Lipinski definition) is 3. The second-order valence-corrected chi connectivity index (χ2v) is 5.61. The highest BCUT2D eigenvalue weighted by molar-refractivity contribution is 7.18. The SMILES string of the molecule is C=CCNC(=O)c1sc(NC(C)(C)C)nc1N. The lowest BCUT2D eigenvalue weighted by Crippen LogP contribution is -2.25. The second-order valence-electron chi connectivity index (χ2n) is 4.61. The molecule has 0 unspecified atom stereocenters. The van der Waals surface area contributed by atoms with Crippen molar-refractivity contribution >= 4 is 28.2 Å². The van der Waals surface area contributed by atoms with E-state index in [1.165, 1.54) is 11.3 Å². The monoisotopic (exact) mass is 254 g/mol. The molecule has 1 aromatic rings. The first-order valence-corrected chi connectivity index (χ1v) is 6.08. The van der Waals surface area contributed by atoms with Crippen molar-refractivity contribution in [3.63, 3.8) is 0 Å². The van der Waals surface area contributed by atoms with E-state index >= 15 is 0 Å². The van der Waals surface area contributed by atoms with Crippen LogP contribution in [0.15, 0.2) is 12.7 Å². The summed E-state index contributed by atoms with van der Waals surface area (Å²) in [6, 6.07) is 0. The van der Waals surface area contributed by atoms with Gasteiger partial charge in [-0.25, -0.2) is 4.98 Å². The molecule has 1 rings (SSSR count). The van der Waals surface area contributed by atoms with E-state index in [-0.39, 0.29) is 17.3 Å².